The Morgan fingerprint density at radius 3 is 2.07 bits per heavy atom. The molecule has 3 unspecified atom stereocenters. The Labute approximate surface area is 250 Å². The molecule has 1 aliphatic heterocycles. The average Bonchev–Trinajstić information content (AvgIpc) is 3.06. The molecule has 8 nitrogen and oxygen atoms in total. The normalized spacial score (nSPS) is 23.1. The van der Waals surface area contributed by atoms with Crippen molar-refractivity contribution in [1.82, 2.24) is 0 Å². The summed E-state index contributed by atoms with van der Waals surface area (Å²) in [6.07, 6.45) is 0. The lowest BCUT2D eigenvalue weighted by molar-refractivity contribution is -0.243. The van der Waals surface area contributed by atoms with E-state index in [-0.39, 0.29) is 11.5 Å². The van der Waals surface area contributed by atoms with Crippen molar-refractivity contribution in [3.63, 3.8) is 0 Å². The molecule has 0 amide bonds. The van der Waals surface area contributed by atoms with Gasteiger partial charge in [-0.25, -0.2) is 0 Å². The van der Waals surface area contributed by atoms with Gasteiger partial charge in [0.1, 0.15) is 35.2 Å². The molecule has 4 aromatic rings. The van der Waals surface area contributed by atoms with Crippen LogP contribution in [0, 0.1) is 5.92 Å². The summed E-state index contributed by atoms with van der Waals surface area (Å²) in [6, 6.07) is 30.4. The van der Waals surface area contributed by atoms with Gasteiger partial charge in [-0.1, -0.05) is 79.7 Å². The van der Waals surface area contributed by atoms with E-state index in [1.54, 1.807) is 19.2 Å². The number of rotatable bonds is 8. The van der Waals surface area contributed by atoms with E-state index in [0.29, 0.717) is 41.6 Å². The molecule has 43 heavy (non-hydrogen) atoms. The van der Waals surface area contributed by atoms with Crippen molar-refractivity contribution in [2.24, 2.45) is 5.92 Å². The van der Waals surface area contributed by atoms with Gasteiger partial charge in [0.25, 0.3) is 6.47 Å². The highest BCUT2D eigenvalue weighted by atomic mass is 16.5. The summed E-state index contributed by atoms with van der Waals surface area (Å²) in [7, 11) is 4.41. The lowest BCUT2D eigenvalue weighted by Crippen LogP contribution is -2.78. The molecule has 4 aromatic carbocycles. The molecule has 0 saturated heterocycles. The minimum Gasteiger partial charge on any atom is -0.497 e. The third-order valence-electron chi connectivity index (χ3n) is 8.29. The molecule has 222 valence electrons. The van der Waals surface area contributed by atoms with Gasteiger partial charge >= 0.3 is 0 Å². The van der Waals surface area contributed by atoms with Crippen molar-refractivity contribution < 1.29 is 38.4 Å². The maximum atomic E-state index is 14.3. The standard InChI is InChI=1S/C33H30O6.C2H4O2/c1-21-30(23-12-8-5-9-13-23)33(24-14-16-25(36-2)17-15-24)32(21,35)31(34)29-27(37-3)18-26(19-28(29)39-33)38-20-22-10-6-4-7-11-22;1-4-2-3/h4-19,21,30,35H,20H2,1-3H3;2H,1H3/t21?,30?,32?,33-;/m0./s1. The fourth-order valence-electron chi connectivity index (χ4n) is 6.29. The van der Waals surface area contributed by atoms with Gasteiger partial charge in [-0.15, -0.1) is 0 Å². The van der Waals surface area contributed by atoms with Gasteiger partial charge < -0.3 is 28.8 Å². The van der Waals surface area contributed by atoms with Crippen molar-refractivity contribution >= 4 is 12.3 Å². The third kappa shape index (κ3) is 4.87. The van der Waals surface area contributed by atoms with Crippen LogP contribution in [0.5, 0.6) is 23.0 Å². The summed E-state index contributed by atoms with van der Waals surface area (Å²) in [5.41, 5.74) is -0.305. The van der Waals surface area contributed by atoms with Crippen LogP contribution in [-0.4, -0.2) is 44.3 Å². The van der Waals surface area contributed by atoms with Crippen LogP contribution >= 0.6 is 0 Å². The van der Waals surface area contributed by atoms with Gasteiger partial charge in [0.05, 0.1) is 21.3 Å². The molecule has 0 spiro atoms. The molecule has 1 N–H and O–H groups in total. The molecule has 1 aliphatic carbocycles. The number of carbonyl (C=O) groups excluding carboxylic acids is 2. The quantitative estimate of drug-likeness (QED) is 0.264. The van der Waals surface area contributed by atoms with E-state index in [2.05, 4.69) is 4.74 Å². The number of benzene rings is 4. The van der Waals surface area contributed by atoms with Crippen molar-refractivity contribution in [3.8, 4) is 23.0 Å². The summed E-state index contributed by atoms with van der Waals surface area (Å²) in [5.74, 6) is 0.633. The van der Waals surface area contributed by atoms with Crippen LogP contribution in [-0.2, 0) is 21.7 Å². The molecule has 1 saturated carbocycles. The Bertz CT molecular complexity index is 1570. The minimum atomic E-state index is -1.82. The number of hydrogen-bond donors (Lipinski definition) is 1. The topological polar surface area (TPSA) is 101 Å². The Morgan fingerprint density at radius 2 is 1.49 bits per heavy atom. The van der Waals surface area contributed by atoms with E-state index in [1.165, 1.54) is 14.2 Å². The van der Waals surface area contributed by atoms with Crippen LogP contribution in [0.4, 0.5) is 0 Å². The Hall–Kier alpha value is -4.82. The number of fused-ring (bicyclic) bond motifs is 2. The molecule has 2 aliphatic rings. The predicted molar refractivity (Wildman–Crippen MR) is 160 cm³/mol. The molecule has 0 aromatic heterocycles. The lowest BCUT2D eigenvalue weighted by atomic mass is 9.44. The van der Waals surface area contributed by atoms with Crippen LogP contribution in [0.1, 0.15) is 39.9 Å². The van der Waals surface area contributed by atoms with Crippen LogP contribution in [0.3, 0.4) is 0 Å². The highest BCUT2D eigenvalue weighted by molar-refractivity contribution is 6.10. The number of ketones is 1. The number of hydrogen-bond acceptors (Lipinski definition) is 8. The summed E-state index contributed by atoms with van der Waals surface area (Å²) in [4.78, 5) is 23.2. The van der Waals surface area contributed by atoms with Crippen LogP contribution < -0.4 is 18.9 Å². The molecule has 6 rings (SSSR count). The maximum Gasteiger partial charge on any atom is 0.292 e. The van der Waals surface area contributed by atoms with Gasteiger partial charge in [0, 0.05) is 24.0 Å². The Morgan fingerprint density at radius 1 is 0.860 bits per heavy atom. The van der Waals surface area contributed by atoms with Gasteiger partial charge in [0.15, 0.2) is 11.2 Å². The van der Waals surface area contributed by atoms with E-state index >= 15 is 0 Å². The van der Waals surface area contributed by atoms with E-state index in [0.717, 1.165) is 11.1 Å². The van der Waals surface area contributed by atoms with E-state index in [1.807, 2.05) is 91.9 Å². The number of methoxy groups -OCH3 is 3. The first-order valence-electron chi connectivity index (χ1n) is 13.9. The van der Waals surface area contributed by atoms with Gasteiger partial charge in [-0.05, 0) is 28.8 Å². The first-order valence-corrected chi connectivity index (χ1v) is 13.9. The van der Waals surface area contributed by atoms with Gasteiger partial charge in [-0.2, -0.15) is 0 Å². The van der Waals surface area contributed by atoms with Crippen LogP contribution in [0.15, 0.2) is 97.1 Å². The molecule has 4 atom stereocenters. The third-order valence-corrected chi connectivity index (χ3v) is 8.29. The molecule has 1 fully saturated rings. The zero-order valence-electron chi connectivity index (χ0n) is 24.5. The minimum absolute atomic E-state index is 0.217. The molecule has 1 heterocycles. The Balaban J connectivity index is 0.000000868. The highest BCUT2D eigenvalue weighted by Gasteiger charge is 2.78. The Kier molecular flexibility index (Phi) is 8.41. The molecule has 0 radical (unpaired) electrons. The highest BCUT2D eigenvalue weighted by Crippen LogP contribution is 2.68. The second-order valence-electron chi connectivity index (χ2n) is 10.4. The van der Waals surface area contributed by atoms with Crippen molar-refractivity contribution in [3.05, 3.63) is 119 Å². The zero-order chi connectivity index (χ0) is 30.6. The smallest absolute Gasteiger partial charge is 0.292 e. The van der Waals surface area contributed by atoms with E-state index in [4.69, 9.17) is 23.7 Å². The van der Waals surface area contributed by atoms with Crippen molar-refractivity contribution in [2.75, 3.05) is 21.3 Å². The van der Waals surface area contributed by atoms with E-state index < -0.39 is 22.9 Å². The predicted octanol–water partition coefficient (Wildman–Crippen LogP) is 5.71. The monoisotopic (exact) mass is 582 g/mol. The lowest BCUT2D eigenvalue weighted by Gasteiger charge is -2.65. The first-order chi connectivity index (χ1) is 20.8. The SMILES string of the molecule is COC=O.COc1ccc([C@@]23Oc4cc(OCc5ccccc5)cc(OC)c4C(=O)C2(O)C(C)C3c2ccccc2)cc1. The van der Waals surface area contributed by atoms with Crippen LogP contribution in [0.2, 0.25) is 0 Å². The van der Waals surface area contributed by atoms with Gasteiger partial charge in [0.2, 0.25) is 5.78 Å². The second kappa shape index (κ2) is 12.2. The van der Waals surface area contributed by atoms with Crippen LogP contribution in [0.25, 0.3) is 0 Å². The van der Waals surface area contributed by atoms with E-state index in [9.17, 15) is 9.90 Å². The zero-order valence-corrected chi connectivity index (χ0v) is 24.5. The summed E-state index contributed by atoms with van der Waals surface area (Å²) in [5, 5.41) is 12.3. The fourth-order valence-corrected chi connectivity index (χ4v) is 6.29. The van der Waals surface area contributed by atoms with Gasteiger partial charge in [-0.3, -0.25) is 9.59 Å². The molecular weight excluding hydrogens is 548 g/mol. The maximum absolute atomic E-state index is 14.3. The summed E-state index contributed by atoms with van der Waals surface area (Å²) < 4.78 is 27.8. The van der Waals surface area contributed by atoms with Crippen molar-refractivity contribution in [1.29, 1.82) is 0 Å². The molecule has 8 heteroatoms. The average molecular weight is 583 g/mol. The number of ether oxygens (including phenoxy) is 5. The first kappa shape index (κ1) is 29.7. The van der Waals surface area contributed by atoms with Crippen molar-refractivity contribution in [2.45, 2.75) is 30.7 Å². The summed E-state index contributed by atoms with van der Waals surface area (Å²) >= 11 is 0. The molecular formula is C35H34O8. The largest absolute Gasteiger partial charge is 0.497 e. The fraction of sp³-hybridized carbons (Fsp3) is 0.257. The number of carbonyl (C=O) groups is 2. The second-order valence-corrected chi connectivity index (χ2v) is 10.4. The molecule has 0 bridgehead atoms. The number of Topliss-reactive ketones (excluding diaryl/α,β-unsaturated/α-hetero) is 1. The number of aliphatic hydroxyl groups is 1. The summed E-state index contributed by atoms with van der Waals surface area (Å²) in [6.45, 7) is 2.61.